The third kappa shape index (κ3) is 6.81. The Hall–Kier alpha value is -3.38. The quantitative estimate of drug-likeness (QED) is 0.342. The second-order valence-corrected chi connectivity index (χ2v) is 9.56. The van der Waals surface area contributed by atoms with Gasteiger partial charge in [-0.05, 0) is 49.2 Å². The zero-order valence-corrected chi connectivity index (χ0v) is 19.3. The van der Waals surface area contributed by atoms with Gasteiger partial charge in [0.25, 0.3) is 0 Å². The van der Waals surface area contributed by atoms with Crippen LogP contribution in [0.15, 0.2) is 54.7 Å². The number of hydrogen-bond acceptors (Lipinski definition) is 7. The van der Waals surface area contributed by atoms with E-state index in [9.17, 15) is 21.6 Å². The van der Waals surface area contributed by atoms with Gasteiger partial charge in [-0.15, -0.1) is 0 Å². The van der Waals surface area contributed by atoms with Gasteiger partial charge in [0.15, 0.2) is 0 Å². The van der Waals surface area contributed by atoms with Gasteiger partial charge >= 0.3 is 6.18 Å². The molecule has 12 heteroatoms. The van der Waals surface area contributed by atoms with E-state index >= 15 is 0 Å². The Labute approximate surface area is 195 Å². The lowest BCUT2D eigenvalue weighted by Gasteiger charge is -2.15. The minimum absolute atomic E-state index is 0.0199. The van der Waals surface area contributed by atoms with Crippen molar-refractivity contribution in [2.24, 2.45) is 5.73 Å². The summed E-state index contributed by atoms with van der Waals surface area (Å²) < 4.78 is 66.5. The second kappa shape index (κ2) is 10.3. The molecule has 0 amide bonds. The number of nitrogens with zero attached hydrogens (tertiary/aromatic N) is 2. The van der Waals surface area contributed by atoms with Crippen LogP contribution < -0.4 is 21.1 Å². The molecule has 0 fully saturated rings. The summed E-state index contributed by atoms with van der Waals surface area (Å²) >= 11 is 0. The van der Waals surface area contributed by atoms with Crippen molar-refractivity contribution in [1.29, 1.82) is 0 Å². The summed E-state index contributed by atoms with van der Waals surface area (Å²) in [5.41, 5.74) is 7.18. The number of aromatic nitrogens is 2. The van der Waals surface area contributed by atoms with E-state index in [4.69, 9.17) is 5.73 Å². The highest BCUT2D eigenvalue weighted by Gasteiger charge is 2.35. The first-order valence-corrected chi connectivity index (χ1v) is 12.0. The van der Waals surface area contributed by atoms with Gasteiger partial charge in [0.1, 0.15) is 11.4 Å². The third-order valence-corrected chi connectivity index (χ3v) is 6.13. The van der Waals surface area contributed by atoms with E-state index in [1.807, 2.05) is 6.92 Å². The molecule has 34 heavy (non-hydrogen) atoms. The van der Waals surface area contributed by atoms with E-state index in [0.717, 1.165) is 5.56 Å². The summed E-state index contributed by atoms with van der Waals surface area (Å²) in [6.07, 6.45) is -3.96. The summed E-state index contributed by atoms with van der Waals surface area (Å²) in [4.78, 5) is 7.81. The average Bonchev–Trinajstić information content (AvgIpc) is 2.77. The Morgan fingerprint density at radius 2 is 1.79 bits per heavy atom. The minimum atomic E-state index is -4.67. The number of benzene rings is 2. The van der Waals surface area contributed by atoms with Gasteiger partial charge < -0.3 is 16.4 Å². The molecule has 182 valence electrons. The van der Waals surface area contributed by atoms with Gasteiger partial charge in [-0.1, -0.05) is 24.3 Å². The molecule has 0 bridgehead atoms. The van der Waals surface area contributed by atoms with E-state index in [2.05, 4.69) is 25.3 Å². The van der Waals surface area contributed by atoms with Gasteiger partial charge in [0.2, 0.25) is 16.0 Å². The number of rotatable bonds is 9. The minimum Gasteiger partial charge on any atom is -0.365 e. The molecule has 3 rings (SSSR count). The van der Waals surface area contributed by atoms with Crippen LogP contribution >= 0.6 is 0 Å². The monoisotopic (exact) mass is 494 g/mol. The van der Waals surface area contributed by atoms with Gasteiger partial charge in [-0.25, -0.2) is 13.4 Å². The van der Waals surface area contributed by atoms with Crippen molar-refractivity contribution in [2.45, 2.75) is 32.6 Å². The topological polar surface area (TPSA) is 122 Å². The molecule has 1 atom stereocenters. The number of halogens is 3. The van der Waals surface area contributed by atoms with Crippen LogP contribution in [0.5, 0.6) is 0 Å². The molecule has 1 unspecified atom stereocenters. The molecule has 0 aliphatic carbocycles. The van der Waals surface area contributed by atoms with E-state index in [1.54, 1.807) is 42.5 Å². The van der Waals surface area contributed by atoms with Gasteiger partial charge in [0.05, 0.1) is 5.75 Å². The first-order chi connectivity index (χ1) is 16.0. The van der Waals surface area contributed by atoms with Crippen molar-refractivity contribution in [2.75, 3.05) is 21.1 Å². The van der Waals surface area contributed by atoms with Gasteiger partial charge in [0, 0.05) is 30.2 Å². The molecule has 1 heterocycles. The molecule has 0 radical (unpaired) electrons. The highest BCUT2D eigenvalue weighted by Crippen LogP contribution is 2.34. The summed E-state index contributed by atoms with van der Waals surface area (Å²) in [7, 11) is -3.48. The fraction of sp³-hybridized carbons (Fsp3) is 0.273. The predicted molar refractivity (Wildman–Crippen MR) is 126 cm³/mol. The van der Waals surface area contributed by atoms with Crippen LogP contribution in [0.1, 0.15) is 36.6 Å². The van der Waals surface area contributed by atoms with Crippen LogP contribution in [0.2, 0.25) is 0 Å². The molecule has 0 aliphatic heterocycles. The maximum absolute atomic E-state index is 13.5. The lowest BCUT2D eigenvalue weighted by Crippen LogP contribution is -2.15. The van der Waals surface area contributed by atoms with Crippen LogP contribution in [-0.4, -0.2) is 24.1 Å². The molecule has 1 aromatic heterocycles. The Balaban J connectivity index is 1.81. The third-order valence-electron chi connectivity index (χ3n) is 4.83. The fourth-order valence-electron chi connectivity index (χ4n) is 2.97. The van der Waals surface area contributed by atoms with Crippen molar-refractivity contribution in [3.63, 3.8) is 0 Å². The van der Waals surface area contributed by atoms with Crippen molar-refractivity contribution in [3.8, 4) is 0 Å². The van der Waals surface area contributed by atoms with Crippen LogP contribution in [0.25, 0.3) is 0 Å². The number of sulfonamides is 1. The van der Waals surface area contributed by atoms with Crippen molar-refractivity contribution in [1.82, 2.24) is 9.97 Å². The first-order valence-electron chi connectivity index (χ1n) is 10.4. The molecule has 3 aromatic rings. The standard InChI is InChI=1S/C22H25F3N6O2S/c1-3-34(32,33)31-18-6-4-5-15(11-18)12-27-20-19(22(23,24)25)13-28-21(30-20)29-17-9-7-16(8-10-17)14(2)26/h4-11,13-14,31H,3,12,26H2,1-2H3,(H2,27,28,29,30). The molecule has 8 nitrogen and oxygen atoms in total. The van der Waals surface area contributed by atoms with Crippen LogP contribution in [-0.2, 0) is 22.7 Å². The molecule has 0 aliphatic rings. The van der Waals surface area contributed by atoms with E-state index in [0.29, 0.717) is 23.1 Å². The number of nitrogens with one attached hydrogen (secondary N) is 3. The Kier molecular flexibility index (Phi) is 7.62. The molecule has 5 N–H and O–H groups in total. The smallest absolute Gasteiger partial charge is 0.365 e. The zero-order chi connectivity index (χ0) is 24.9. The average molecular weight is 495 g/mol. The molecule has 0 spiro atoms. The molecule has 2 aromatic carbocycles. The Morgan fingerprint density at radius 3 is 2.41 bits per heavy atom. The summed E-state index contributed by atoms with van der Waals surface area (Å²) in [6, 6.07) is 13.3. The number of alkyl halides is 3. The van der Waals surface area contributed by atoms with Crippen LogP contribution in [0.3, 0.4) is 0 Å². The molecule has 0 saturated heterocycles. The van der Waals surface area contributed by atoms with Crippen LogP contribution in [0.4, 0.5) is 36.3 Å². The largest absolute Gasteiger partial charge is 0.421 e. The van der Waals surface area contributed by atoms with Crippen LogP contribution in [0, 0.1) is 0 Å². The summed E-state index contributed by atoms with van der Waals surface area (Å²) in [6.45, 7) is 3.32. The fourth-order valence-corrected chi connectivity index (χ4v) is 3.60. The second-order valence-electron chi connectivity index (χ2n) is 7.55. The highest BCUT2D eigenvalue weighted by molar-refractivity contribution is 7.92. The van der Waals surface area contributed by atoms with Gasteiger partial charge in [-0.2, -0.15) is 18.2 Å². The molecule has 0 saturated carbocycles. The van der Waals surface area contributed by atoms with Crippen molar-refractivity contribution in [3.05, 3.63) is 71.4 Å². The lowest BCUT2D eigenvalue weighted by atomic mass is 10.1. The maximum Gasteiger partial charge on any atom is 0.421 e. The highest BCUT2D eigenvalue weighted by atomic mass is 32.2. The first kappa shape index (κ1) is 25.2. The molecular weight excluding hydrogens is 469 g/mol. The maximum atomic E-state index is 13.5. The predicted octanol–water partition coefficient (Wildman–Crippen LogP) is 4.63. The van der Waals surface area contributed by atoms with E-state index in [-0.39, 0.29) is 24.3 Å². The van der Waals surface area contributed by atoms with Crippen molar-refractivity contribution < 1.29 is 21.6 Å². The Bertz CT molecular complexity index is 1230. The number of hydrogen-bond donors (Lipinski definition) is 4. The normalized spacial score (nSPS) is 12.8. The molecular formula is C22H25F3N6O2S. The SMILES string of the molecule is CCS(=O)(=O)Nc1cccc(CNc2nc(Nc3ccc(C(C)N)cc3)ncc2C(F)(F)F)c1. The Morgan fingerprint density at radius 1 is 1.09 bits per heavy atom. The summed E-state index contributed by atoms with van der Waals surface area (Å²) in [5.74, 6) is -0.528. The van der Waals surface area contributed by atoms with E-state index < -0.39 is 27.6 Å². The lowest BCUT2D eigenvalue weighted by molar-refractivity contribution is -0.137. The number of anilines is 4. The zero-order valence-electron chi connectivity index (χ0n) is 18.5. The summed E-state index contributed by atoms with van der Waals surface area (Å²) in [5, 5.41) is 5.57. The van der Waals surface area contributed by atoms with Crippen molar-refractivity contribution >= 4 is 33.2 Å². The van der Waals surface area contributed by atoms with Gasteiger partial charge in [-0.3, -0.25) is 4.72 Å². The number of nitrogens with two attached hydrogens (primary N) is 1. The van der Waals surface area contributed by atoms with E-state index in [1.165, 1.54) is 13.0 Å².